The Balaban J connectivity index is 2.09. The van der Waals surface area contributed by atoms with Crippen LogP contribution in [0.2, 0.25) is 0 Å². The number of carbonyl (C=O) groups excluding carboxylic acids is 1. The molecule has 0 bridgehead atoms. The third kappa shape index (κ3) is 3.32. The van der Waals surface area contributed by atoms with Gasteiger partial charge in [-0.05, 0) is 26.7 Å². The van der Waals surface area contributed by atoms with Gasteiger partial charge in [-0.15, -0.1) is 0 Å². The first-order valence-electron chi connectivity index (χ1n) is 6.71. The van der Waals surface area contributed by atoms with E-state index in [-0.39, 0.29) is 16.6 Å². The SMILES string of the molecule is CC1(C)CN(C(=O)C2CC=CCC2C(=O)O)CCS1. The molecule has 2 atom stereocenters. The fourth-order valence-electron chi connectivity index (χ4n) is 2.80. The summed E-state index contributed by atoms with van der Waals surface area (Å²) in [5.41, 5.74) is 0. The Hall–Kier alpha value is -0.970. The highest BCUT2D eigenvalue weighted by Gasteiger charge is 2.39. The second-order valence-electron chi connectivity index (χ2n) is 5.86. The molecule has 0 spiro atoms. The maximum Gasteiger partial charge on any atom is 0.307 e. The minimum atomic E-state index is -0.853. The number of carboxylic acid groups (broad SMARTS) is 1. The van der Waals surface area contributed by atoms with Crippen molar-refractivity contribution < 1.29 is 14.7 Å². The van der Waals surface area contributed by atoms with Crippen LogP contribution in [0.4, 0.5) is 0 Å². The van der Waals surface area contributed by atoms with Crippen LogP contribution in [0.3, 0.4) is 0 Å². The minimum absolute atomic E-state index is 0.0186. The minimum Gasteiger partial charge on any atom is -0.481 e. The van der Waals surface area contributed by atoms with Crippen LogP contribution in [-0.2, 0) is 9.59 Å². The quantitative estimate of drug-likeness (QED) is 0.788. The lowest BCUT2D eigenvalue weighted by molar-refractivity contribution is -0.150. The Morgan fingerprint density at radius 1 is 1.26 bits per heavy atom. The van der Waals surface area contributed by atoms with E-state index >= 15 is 0 Å². The highest BCUT2D eigenvalue weighted by atomic mass is 32.2. The number of carboxylic acids is 1. The number of aliphatic carboxylic acids is 1. The zero-order valence-corrected chi connectivity index (χ0v) is 12.3. The number of carbonyl (C=O) groups is 2. The summed E-state index contributed by atoms with van der Waals surface area (Å²) in [4.78, 5) is 25.7. The first kappa shape index (κ1) is 14.4. The summed E-state index contributed by atoms with van der Waals surface area (Å²) in [6.07, 6.45) is 4.84. The molecule has 5 heteroatoms. The van der Waals surface area contributed by atoms with Gasteiger partial charge in [0, 0.05) is 23.6 Å². The fraction of sp³-hybridized carbons (Fsp3) is 0.714. The summed E-state index contributed by atoms with van der Waals surface area (Å²) in [7, 11) is 0. The van der Waals surface area contributed by atoms with Crippen LogP contribution >= 0.6 is 11.8 Å². The van der Waals surface area contributed by atoms with Gasteiger partial charge in [0.05, 0.1) is 11.8 Å². The van der Waals surface area contributed by atoms with Crippen molar-refractivity contribution in [2.24, 2.45) is 11.8 Å². The molecule has 19 heavy (non-hydrogen) atoms. The number of allylic oxidation sites excluding steroid dienone is 2. The second-order valence-corrected chi connectivity index (χ2v) is 7.66. The van der Waals surface area contributed by atoms with Crippen molar-refractivity contribution in [3.63, 3.8) is 0 Å². The molecule has 1 amide bonds. The molecule has 0 radical (unpaired) electrons. The largest absolute Gasteiger partial charge is 0.481 e. The van der Waals surface area contributed by atoms with E-state index in [0.29, 0.717) is 19.4 Å². The van der Waals surface area contributed by atoms with Crippen molar-refractivity contribution in [2.45, 2.75) is 31.4 Å². The molecule has 1 N–H and O–H groups in total. The summed E-state index contributed by atoms with van der Waals surface area (Å²) < 4.78 is 0.0666. The van der Waals surface area contributed by atoms with E-state index in [1.165, 1.54) is 0 Å². The van der Waals surface area contributed by atoms with Crippen molar-refractivity contribution in [2.75, 3.05) is 18.8 Å². The van der Waals surface area contributed by atoms with Crippen LogP contribution in [0.1, 0.15) is 26.7 Å². The molecule has 0 aromatic carbocycles. The molecule has 106 valence electrons. The van der Waals surface area contributed by atoms with E-state index in [0.717, 1.165) is 12.3 Å². The molecule has 1 aliphatic carbocycles. The van der Waals surface area contributed by atoms with E-state index in [1.54, 1.807) is 0 Å². The first-order valence-corrected chi connectivity index (χ1v) is 7.70. The number of thioether (sulfide) groups is 1. The normalized spacial score (nSPS) is 30.1. The maximum absolute atomic E-state index is 12.6. The molecular formula is C14H21NO3S. The predicted molar refractivity (Wildman–Crippen MR) is 76.1 cm³/mol. The van der Waals surface area contributed by atoms with Crippen LogP contribution in [0.15, 0.2) is 12.2 Å². The molecule has 2 unspecified atom stereocenters. The molecule has 0 saturated carbocycles. The van der Waals surface area contributed by atoms with Crippen LogP contribution < -0.4 is 0 Å². The third-order valence-corrected chi connectivity index (χ3v) is 5.10. The zero-order chi connectivity index (χ0) is 14.0. The molecule has 0 aromatic rings. The molecule has 2 rings (SSSR count). The van der Waals surface area contributed by atoms with Crippen molar-refractivity contribution in [1.82, 2.24) is 4.90 Å². The summed E-state index contributed by atoms with van der Waals surface area (Å²) in [5.74, 6) is -0.853. The van der Waals surface area contributed by atoms with E-state index in [1.807, 2.05) is 28.8 Å². The van der Waals surface area contributed by atoms with Crippen LogP contribution in [0, 0.1) is 11.8 Å². The fourth-order valence-corrected chi connectivity index (χ4v) is 3.91. The van der Waals surface area contributed by atoms with E-state index in [4.69, 9.17) is 0 Å². The van der Waals surface area contributed by atoms with Gasteiger partial charge in [0.1, 0.15) is 0 Å². The van der Waals surface area contributed by atoms with Crippen LogP contribution in [-0.4, -0.2) is 45.5 Å². The summed E-state index contributed by atoms with van der Waals surface area (Å²) >= 11 is 1.87. The van der Waals surface area contributed by atoms with Crippen LogP contribution in [0.25, 0.3) is 0 Å². The van der Waals surface area contributed by atoms with Crippen LogP contribution in [0.5, 0.6) is 0 Å². The van der Waals surface area contributed by atoms with Crippen molar-refractivity contribution >= 4 is 23.6 Å². The molecule has 0 aromatic heterocycles. The smallest absolute Gasteiger partial charge is 0.307 e. The molecule has 4 nitrogen and oxygen atoms in total. The Morgan fingerprint density at radius 3 is 2.47 bits per heavy atom. The van der Waals surface area contributed by atoms with Gasteiger partial charge in [-0.2, -0.15) is 11.8 Å². The standard InChI is InChI=1S/C14H21NO3S/c1-14(2)9-15(7-8-19-14)12(16)10-5-3-4-6-11(10)13(17)18/h3-4,10-11H,5-9H2,1-2H3,(H,17,18). The number of rotatable bonds is 2. The highest BCUT2D eigenvalue weighted by Crippen LogP contribution is 2.33. The Bertz CT molecular complexity index is 405. The molecule has 1 fully saturated rings. The molecule has 2 aliphatic rings. The monoisotopic (exact) mass is 283 g/mol. The Morgan fingerprint density at radius 2 is 1.89 bits per heavy atom. The lowest BCUT2D eigenvalue weighted by Gasteiger charge is -2.40. The zero-order valence-electron chi connectivity index (χ0n) is 11.5. The number of amides is 1. The second kappa shape index (κ2) is 5.57. The van der Waals surface area contributed by atoms with Gasteiger partial charge in [0.15, 0.2) is 0 Å². The van der Waals surface area contributed by atoms with Gasteiger partial charge in [0.2, 0.25) is 5.91 Å². The molecule has 1 heterocycles. The van der Waals surface area contributed by atoms with E-state index < -0.39 is 11.9 Å². The summed E-state index contributed by atoms with van der Waals surface area (Å²) in [6.45, 7) is 5.71. The van der Waals surface area contributed by atoms with Gasteiger partial charge in [-0.25, -0.2) is 0 Å². The summed E-state index contributed by atoms with van der Waals surface area (Å²) in [5, 5.41) is 9.25. The third-order valence-electron chi connectivity index (χ3n) is 3.80. The van der Waals surface area contributed by atoms with Crippen molar-refractivity contribution in [3.8, 4) is 0 Å². The number of hydrogen-bond acceptors (Lipinski definition) is 3. The van der Waals surface area contributed by atoms with Gasteiger partial charge in [0.25, 0.3) is 0 Å². The van der Waals surface area contributed by atoms with E-state index in [2.05, 4.69) is 13.8 Å². The average Bonchev–Trinajstić information content (AvgIpc) is 2.36. The maximum atomic E-state index is 12.6. The Kier molecular flexibility index (Phi) is 4.23. The molecular weight excluding hydrogens is 262 g/mol. The Labute approximate surface area is 118 Å². The number of nitrogens with zero attached hydrogens (tertiary/aromatic N) is 1. The van der Waals surface area contributed by atoms with Gasteiger partial charge >= 0.3 is 5.97 Å². The lowest BCUT2D eigenvalue weighted by Crippen LogP contribution is -2.50. The van der Waals surface area contributed by atoms with Gasteiger partial charge in [-0.3, -0.25) is 9.59 Å². The number of hydrogen-bond donors (Lipinski definition) is 1. The topological polar surface area (TPSA) is 57.6 Å². The van der Waals surface area contributed by atoms with E-state index in [9.17, 15) is 14.7 Å². The van der Waals surface area contributed by atoms with Gasteiger partial charge < -0.3 is 10.0 Å². The molecule has 1 aliphatic heterocycles. The molecule has 1 saturated heterocycles. The predicted octanol–water partition coefficient (Wildman–Crippen LogP) is 2.01. The van der Waals surface area contributed by atoms with Gasteiger partial charge in [-0.1, -0.05) is 12.2 Å². The average molecular weight is 283 g/mol. The summed E-state index contributed by atoms with van der Waals surface area (Å²) in [6, 6.07) is 0. The lowest BCUT2D eigenvalue weighted by atomic mass is 9.82. The van der Waals surface area contributed by atoms with Crippen molar-refractivity contribution in [3.05, 3.63) is 12.2 Å². The highest BCUT2D eigenvalue weighted by molar-refractivity contribution is 8.00. The van der Waals surface area contributed by atoms with Crippen molar-refractivity contribution in [1.29, 1.82) is 0 Å². The first-order chi connectivity index (χ1) is 8.91.